The van der Waals surface area contributed by atoms with Crippen molar-refractivity contribution in [3.05, 3.63) is 18.0 Å². The smallest absolute Gasteiger partial charge is 0.283 e. The minimum Gasteiger partial charge on any atom is -0.438 e. The Morgan fingerprint density at radius 2 is 1.86 bits per heavy atom. The maximum absolute atomic E-state index is 12.5. The number of sulfonamides is 1. The molecule has 8 nitrogen and oxygen atoms in total. The molecule has 0 radical (unpaired) electrons. The zero-order chi connectivity index (χ0) is 15.7. The summed E-state index contributed by atoms with van der Waals surface area (Å²) < 4.78 is 42.3. The lowest BCUT2D eigenvalue weighted by Crippen LogP contribution is -2.40. The van der Waals surface area contributed by atoms with Gasteiger partial charge >= 0.3 is 0 Å². The molecule has 3 heterocycles. The zero-order valence-electron chi connectivity index (χ0n) is 12.4. The molecule has 0 saturated carbocycles. The van der Waals surface area contributed by atoms with Gasteiger partial charge in [0.1, 0.15) is 0 Å². The summed E-state index contributed by atoms with van der Waals surface area (Å²) in [7, 11) is -3.66. The first-order valence-corrected chi connectivity index (χ1v) is 8.44. The second-order valence-electron chi connectivity index (χ2n) is 5.24. The number of furan rings is 1. The lowest BCUT2D eigenvalue weighted by atomic mass is 10.2. The highest BCUT2D eigenvalue weighted by atomic mass is 32.2. The fourth-order valence-electron chi connectivity index (χ4n) is 2.06. The van der Waals surface area contributed by atoms with Gasteiger partial charge in [-0.05, 0) is 12.1 Å². The van der Waals surface area contributed by atoms with E-state index in [-0.39, 0.29) is 22.7 Å². The first-order chi connectivity index (χ1) is 10.5. The van der Waals surface area contributed by atoms with E-state index in [9.17, 15) is 8.42 Å². The zero-order valence-corrected chi connectivity index (χ0v) is 13.2. The summed E-state index contributed by atoms with van der Waals surface area (Å²) in [5, 5.41) is 7.65. The highest BCUT2D eigenvalue weighted by Gasteiger charge is 2.30. The van der Waals surface area contributed by atoms with Crippen LogP contribution < -0.4 is 0 Å². The van der Waals surface area contributed by atoms with E-state index in [1.165, 1.54) is 16.4 Å². The number of nitrogens with zero attached hydrogens (tertiary/aromatic N) is 3. The fraction of sp³-hybridized carbons (Fsp3) is 0.538. The molecule has 120 valence electrons. The molecule has 2 aromatic rings. The molecular formula is C13H17N3O5S. The Balaban J connectivity index is 1.86. The molecular weight excluding hydrogens is 310 g/mol. The van der Waals surface area contributed by atoms with E-state index in [4.69, 9.17) is 13.6 Å². The van der Waals surface area contributed by atoms with Crippen LogP contribution in [0.5, 0.6) is 0 Å². The second kappa shape index (κ2) is 5.82. The Kier molecular flexibility index (Phi) is 4.02. The maximum atomic E-state index is 12.5. The normalized spacial score (nSPS) is 17.2. The third-order valence-corrected chi connectivity index (χ3v) is 5.06. The molecule has 22 heavy (non-hydrogen) atoms. The third-order valence-electron chi connectivity index (χ3n) is 3.29. The van der Waals surface area contributed by atoms with Gasteiger partial charge in [0.25, 0.3) is 15.9 Å². The van der Waals surface area contributed by atoms with Crippen LogP contribution in [0, 0.1) is 0 Å². The van der Waals surface area contributed by atoms with Crippen LogP contribution in [0.1, 0.15) is 25.7 Å². The van der Waals surface area contributed by atoms with Crippen LogP contribution in [0.2, 0.25) is 0 Å². The molecule has 2 aromatic heterocycles. The lowest BCUT2D eigenvalue weighted by molar-refractivity contribution is 0.0724. The minimum atomic E-state index is -3.66. The topological polar surface area (TPSA) is 98.7 Å². The average molecular weight is 327 g/mol. The summed E-state index contributed by atoms with van der Waals surface area (Å²) in [4.78, 5) is 0. The van der Waals surface area contributed by atoms with Gasteiger partial charge in [-0.1, -0.05) is 13.8 Å². The molecule has 0 spiro atoms. The van der Waals surface area contributed by atoms with E-state index in [0.29, 0.717) is 32.2 Å². The molecule has 0 atom stereocenters. The fourth-order valence-corrected chi connectivity index (χ4v) is 3.37. The number of ether oxygens (including phenoxy) is 1. The van der Waals surface area contributed by atoms with Crippen LogP contribution >= 0.6 is 0 Å². The van der Waals surface area contributed by atoms with Crippen molar-refractivity contribution < 1.29 is 22.0 Å². The van der Waals surface area contributed by atoms with E-state index >= 15 is 0 Å². The maximum Gasteiger partial charge on any atom is 0.283 e. The first kappa shape index (κ1) is 15.2. The minimum absolute atomic E-state index is 0.0905. The molecule has 9 heteroatoms. The largest absolute Gasteiger partial charge is 0.438 e. The third kappa shape index (κ3) is 2.79. The van der Waals surface area contributed by atoms with Crippen molar-refractivity contribution in [2.45, 2.75) is 24.9 Å². The summed E-state index contributed by atoms with van der Waals surface area (Å²) in [6, 6.07) is 2.92. The van der Waals surface area contributed by atoms with Crippen molar-refractivity contribution in [3.8, 4) is 11.7 Å². The van der Waals surface area contributed by atoms with Gasteiger partial charge in [-0.25, -0.2) is 8.42 Å². The summed E-state index contributed by atoms with van der Waals surface area (Å²) in [6.07, 6.45) is 0. The van der Waals surface area contributed by atoms with Crippen LogP contribution in [0.25, 0.3) is 11.7 Å². The molecule has 0 bridgehead atoms. The van der Waals surface area contributed by atoms with Crippen molar-refractivity contribution in [1.82, 2.24) is 14.5 Å². The highest BCUT2D eigenvalue weighted by molar-refractivity contribution is 7.89. The van der Waals surface area contributed by atoms with Crippen molar-refractivity contribution in [3.63, 3.8) is 0 Å². The molecule has 0 amide bonds. The Morgan fingerprint density at radius 3 is 2.50 bits per heavy atom. The molecule has 0 aliphatic carbocycles. The molecule has 0 unspecified atom stereocenters. The lowest BCUT2D eigenvalue weighted by Gasteiger charge is -2.24. The summed E-state index contributed by atoms with van der Waals surface area (Å²) in [5.41, 5.74) is 0. The van der Waals surface area contributed by atoms with E-state index in [2.05, 4.69) is 10.2 Å². The molecule has 3 rings (SSSR count). The second-order valence-corrected chi connectivity index (χ2v) is 7.10. The standard InChI is InChI=1S/C13H17N3O5S/c1-9(2)12-14-15-13(21-12)10-3-4-11(20-10)22(17,18)16-5-7-19-8-6-16/h3-4,9H,5-8H2,1-2H3. The Bertz CT molecular complexity index is 743. The van der Waals surface area contributed by atoms with Gasteiger partial charge in [-0.3, -0.25) is 0 Å². The quantitative estimate of drug-likeness (QED) is 0.838. The Hall–Kier alpha value is -1.71. The van der Waals surface area contributed by atoms with Crippen molar-refractivity contribution in [1.29, 1.82) is 0 Å². The highest BCUT2D eigenvalue weighted by Crippen LogP contribution is 2.27. The average Bonchev–Trinajstić information content (AvgIpc) is 3.17. The predicted molar refractivity (Wildman–Crippen MR) is 75.7 cm³/mol. The van der Waals surface area contributed by atoms with Gasteiger partial charge in [0.2, 0.25) is 11.0 Å². The van der Waals surface area contributed by atoms with Gasteiger partial charge in [0, 0.05) is 19.0 Å². The van der Waals surface area contributed by atoms with Crippen LogP contribution in [0.15, 0.2) is 26.1 Å². The number of hydrogen-bond donors (Lipinski definition) is 0. The van der Waals surface area contributed by atoms with Crippen LogP contribution in [0.3, 0.4) is 0 Å². The van der Waals surface area contributed by atoms with Gasteiger partial charge in [0.15, 0.2) is 5.76 Å². The molecule has 0 N–H and O–H groups in total. The predicted octanol–water partition coefficient (Wildman–Crippen LogP) is 1.47. The monoisotopic (exact) mass is 327 g/mol. The number of aromatic nitrogens is 2. The molecule has 1 saturated heterocycles. The van der Waals surface area contributed by atoms with Crippen molar-refractivity contribution >= 4 is 10.0 Å². The molecule has 1 fully saturated rings. The molecule has 1 aliphatic heterocycles. The van der Waals surface area contributed by atoms with Crippen LogP contribution in [-0.4, -0.2) is 49.2 Å². The Labute approximate surface area is 128 Å². The molecule has 0 aromatic carbocycles. The number of morpholine rings is 1. The van der Waals surface area contributed by atoms with Gasteiger partial charge in [0.05, 0.1) is 13.2 Å². The first-order valence-electron chi connectivity index (χ1n) is 7.00. The van der Waals surface area contributed by atoms with E-state index in [1.807, 2.05) is 13.8 Å². The van der Waals surface area contributed by atoms with Crippen LogP contribution in [-0.2, 0) is 14.8 Å². The Morgan fingerprint density at radius 1 is 1.14 bits per heavy atom. The molecule has 1 aliphatic rings. The van der Waals surface area contributed by atoms with E-state index < -0.39 is 10.0 Å². The SMILES string of the molecule is CC(C)c1nnc(-c2ccc(S(=O)(=O)N3CCOCC3)o2)o1. The number of rotatable bonds is 4. The summed E-state index contributed by atoms with van der Waals surface area (Å²) >= 11 is 0. The van der Waals surface area contributed by atoms with Crippen molar-refractivity contribution in [2.24, 2.45) is 0 Å². The van der Waals surface area contributed by atoms with Crippen molar-refractivity contribution in [2.75, 3.05) is 26.3 Å². The van der Waals surface area contributed by atoms with Gasteiger partial charge in [-0.2, -0.15) is 4.31 Å². The van der Waals surface area contributed by atoms with Crippen LogP contribution in [0.4, 0.5) is 0 Å². The van der Waals surface area contributed by atoms with E-state index in [0.717, 1.165) is 0 Å². The summed E-state index contributed by atoms with van der Waals surface area (Å²) in [5.74, 6) is 0.982. The summed E-state index contributed by atoms with van der Waals surface area (Å²) in [6.45, 7) is 5.25. The van der Waals surface area contributed by atoms with Gasteiger partial charge < -0.3 is 13.6 Å². The van der Waals surface area contributed by atoms with Gasteiger partial charge in [-0.15, -0.1) is 10.2 Å². The van der Waals surface area contributed by atoms with E-state index in [1.54, 1.807) is 0 Å². The number of hydrogen-bond acceptors (Lipinski definition) is 7.